The van der Waals surface area contributed by atoms with Crippen molar-refractivity contribution >= 4 is 0 Å². The first-order chi connectivity index (χ1) is 9.65. The largest absolute Gasteiger partial charge is 0.317 e. The molecule has 106 valence electrons. The number of aromatic nitrogens is 2. The van der Waals surface area contributed by atoms with Crippen LogP contribution in [0.25, 0.3) is 11.1 Å². The third-order valence-electron chi connectivity index (χ3n) is 4.23. The second-order valence-electron chi connectivity index (χ2n) is 5.95. The summed E-state index contributed by atoms with van der Waals surface area (Å²) in [5.74, 6) is 0. The molecule has 1 saturated heterocycles. The molecule has 0 amide bonds. The van der Waals surface area contributed by atoms with Gasteiger partial charge in [0.05, 0.1) is 12.2 Å². The van der Waals surface area contributed by atoms with Crippen molar-refractivity contribution in [2.45, 2.75) is 39.7 Å². The molecule has 1 aromatic carbocycles. The SMILES string of the molecule is Cc1cc(C)cc(-c2cnn(C3CCNCC3)c2C)c1. The predicted octanol–water partition coefficient (Wildman–Crippen LogP) is 3.40. The van der Waals surface area contributed by atoms with Crippen LogP contribution < -0.4 is 5.32 Å². The molecule has 1 N–H and O–H groups in total. The normalized spacial score (nSPS) is 16.6. The highest BCUT2D eigenvalue weighted by molar-refractivity contribution is 5.66. The number of hydrogen-bond donors (Lipinski definition) is 1. The third kappa shape index (κ3) is 2.50. The van der Waals surface area contributed by atoms with E-state index in [4.69, 9.17) is 0 Å². The van der Waals surface area contributed by atoms with Gasteiger partial charge in [0.1, 0.15) is 0 Å². The second-order valence-corrected chi connectivity index (χ2v) is 5.95. The minimum absolute atomic E-state index is 0.552. The molecule has 0 saturated carbocycles. The van der Waals surface area contributed by atoms with Gasteiger partial charge in [-0.3, -0.25) is 4.68 Å². The minimum atomic E-state index is 0.552. The van der Waals surface area contributed by atoms with E-state index in [1.165, 1.54) is 40.8 Å². The van der Waals surface area contributed by atoms with Gasteiger partial charge < -0.3 is 5.32 Å². The third-order valence-corrected chi connectivity index (χ3v) is 4.23. The lowest BCUT2D eigenvalue weighted by Crippen LogP contribution is -2.30. The molecule has 0 unspecified atom stereocenters. The van der Waals surface area contributed by atoms with E-state index < -0.39 is 0 Å². The molecule has 2 heterocycles. The summed E-state index contributed by atoms with van der Waals surface area (Å²) in [4.78, 5) is 0. The lowest BCUT2D eigenvalue weighted by molar-refractivity contribution is 0.338. The van der Waals surface area contributed by atoms with Crippen molar-refractivity contribution in [2.24, 2.45) is 0 Å². The maximum Gasteiger partial charge on any atom is 0.0571 e. The Hall–Kier alpha value is -1.61. The van der Waals surface area contributed by atoms with Crippen LogP contribution in [0.1, 0.15) is 35.7 Å². The molecule has 0 aliphatic carbocycles. The van der Waals surface area contributed by atoms with E-state index in [0.717, 1.165) is 13.1 Å². The Balaban J connectivity index is 1.96. The molecular formula is C17H23N3. The number of hydrogen-bond acceptors (Lipinski definition) is 2. The number of nitrogens with zero attached hydrogens (tertiary/aromatic N) is 2. The fraction of sp³-hybridized carbons (Fsp3) is 0.471. The van der Waals surface area contributed by atoms with Crippen molar-refractivity contribution < 1.29 is 0 Å². The van der Waals surface area contributed by atoms with Crippen molar-refractivity contribution in [1.82, 2.24) is 15.1 Å². The van der Waals surface area contributed by atoms with E-state index in [2.05, 4.69) is 54.1 Å². The van der Waals surface area contributed by atoms with Gasteiger partial charge in [0.15, 0.2) is 0 Å². The van der Waals surface area contributed by atoms with Gasteiger partial charge in [-0.25, -0.2) is 0 Å². The average Bonchev–Trinajstić information content (AvgIpc) is 2.80. The van der Waals surface area contributed by atoms with E-state index in [1.54, 1.807) is 0 Å². The maximum atomic E-state index is 4.66. The van der Waals surface area contributed by atoms with Crippen molar-refractivity contribution in [3.05, 3.63) is 41.2 Å². The summed E-state index contributed by atoms with van der Waals surface area (Å²) in [5, 5.41) is 8.08. The standard InChI is InChI=1S/C17H23N3/c1-12-8-13(2)10-15(9-12)17-11-19-20(14(17)3)16-4-6-18-7-5-16/h8-11,16,18H,4-7H2,1-3H3. The monoisotopic (exact) mass is 269 g/mol. The highest BCUT2D eigenvalue weighted by atomic mass is 15.3. The van der Waals surface area contributed by atoms with E-state index >= 15 is 0 Å². The van der Waals surface area contributed by atoms with Gasteiger partial charge in [0.25, 0.3) is 0 Å². The highest BCUT2D eigenvalue weighted by Crippen LogP contribution is 2.29. The van der Waals surface area contributed by atoms with Crippen LogP contribution in [0.2, 0.25) is 0 Å². The predicted molar refractivity (Wildman–Crippen MR) is 83.0 cm³/mol. The zero-order chi connectivity index (χ0) is 14.1. The summed E-state index contributed by atoms with van der Waals surface area (Å²) in [6, 6.07) is 7.28. The number of nitrogens with one attached hydrogen (secondary N) is 1. The molecule has 0 spiro atoms. The fourth-order valence-electron chi connectivity index (χ4n) is 3.26. The number of rotatable bonds is 2. The molecule has 0 radical (unpaired) electrons. The van der Waals surface area contributed by atoms with Gasteiger partial charge in [-0.2, -0.15) is 5.10 Å². The Bertz CT molecular complexity index is 586. The van der Waals surface area contributed by atoms with Gasteiger partial charge in [-0.1, -0.05) is 29.3 Å². The van der Waals surface area contributed by atoms with Crippen LogP contribution in [0, 0.1) is 20.8 Å². The Morgan fingerprint density at radius 2 is 1.70 bits per heavy atom. The molecule has 1 aliphatic rings. The lowest BCUT2D eigenvalue weighted by Gasteiger charge is -2.24. The number of aryl methyl sites for hydroxylation is 2. The van der Waals surface area contributed by atoms with Crippen LogP contribution in [0.4, 0.5) is 0 Å². The van der Waals surface area contributed by atoms with Gasteiger partial charge in [0.2, 0.25) is 0 Å². The minimum Gasteiger partial charge on any atom is -0.317 e. The van der Waals surface area contributed by atoms with Gasteiger partial charge in [-0.05, 0) is 52.3 Å². The molecule has 3 heteroatoms. The highest BCUT2D eigenvalue weighted by Gasteiger charge is 2.19. The smallest absolute Gasteiger partial charge is 0.0571 e. The second kappa shape index (κ2) is 5.41. The van der Waals surface area contributed by atoms with Crippen molar-refractivity contribution in [3.63, 3.8) is 0 Å². The summed E-state index contributed by atoms with van der Waals surface area (Å²) in [7, 11) is 0. The molecule has 2 aromatic rings. The van der Waals surface area contributed by atoms with Gasteiger partial charge >= 0.3 is 0 Å². The first-order valence-electron chi connectivity index (χ1n) is 7.48. The van der Waals surface area contributed by atoms with Crippen molar-refractivity contribution in [3.8, 4) is 11.1 Å². The van der Waals surface area contributed by atoms with Crippen molar-refractivity contribution in [1.29, 1.82) is 0 Å². The van der Waals surface area contributed by atoms with Crippen LogP contribution in [0.3, 0.4) is 0 Å². The topological polar surface area (TPSA) is 29.9 Å². The first-order valence-corrected chi connectivity index (χ1v) is 7.48. The van der Waals surface area contributed by atoms with Crippen LogP contribution in [-0.4, -0.2) is 22.9 Å². The van der Waals surface area contributed by atoms with Crippen LogP contribution >= 0.6 is 0 Å². The molecule has 0 bridgehead atoms. The van der Waals surface area contributed by atoms with Crippen molar-refractivity contribution in [2.75, 3.05) is 13.1 Å². The molecule has 1 aromatic heterocycles. The van der Waals surface area contributed by atoms with Gasteiger partial charge in [-0.15, -0.1) is 0 Å². The van der Waals surface area contributed by atoms with Gasteiger partial charge in [0, 0.05) is 11.3 Å². The molecule has 1 aliphatic heterocycles. The Labute approximate surface area is 121 Å². The maximum absolute atomic E-state index is 4.66. The number of piperidine rings is 1. The summed E-state index contributed by atoms with van der Waals surface area (Å²) in [5.41, 5.74) is 6.49. The van der Waals surface area contributed by atoms with Crippen LogP contribution in [-0.2, 0) is 0 Å². The Kier molecular flexibility index (Phi) is 3.62. The summed E-state index contributed by atoms with van der Waals surface area (Å²) in [6.07, 6.45) is 4.38. The molecule has 1 fully saturated rings. The first kappa shape index (κ1) is 13.4. The van der Waals surface area contributed by atoms with E-state index in [1.807, 2.05) is 6.20 Å². The molecule has 3 rings (SSSR count). The van der Waals surface area contributed by atoms with E-state index in [-0.39, 0.29) is 0 Å². The lowest BCUT2D eigenvalue weighted by atomic mass is 10.0. The fourth-order valence-corrected chi connectivity index (χ4v) is 3.26. The van der Waals surface area contributed by atoms with E-state index in [9.17, 15) is 0 Å². The number of benzene rings is 1. The summed E-state index contributed by atoms with van der Waals surface area (Å²) >= 11 is 0. The molecule has 0 atom stereocenters. The Morgan fingerprint density at radius 3 is 2.35 bits per heavy atom. The Morgan fingerprint density at radius 1 is 1.05 bits per heavy atom. The quantitative estimate of drug-likeness (QED) is 0.905. The average molecular weight is 269 g/mol. The zero-order valence-electron chi connectivity index (χ0n) is 12.6. The molecule has 20 heavy (non-hydrogen) atoms. The summed E-state index contributed by atoms with van der Waals surface area (Å²) < 4.78 is 2.23. The van der Waals surface area contributed by atoms with Crippen LogP contribution in [0.5, 0.6) is 0 Å². The van der Waals surface area contributed by atoms with Crippen LogP contribution in [0.15, 0.2) is 24.4 Å². The molecular weight excluding hydrogens is 246 g/mol. The molecule has 3 nitrogen and oxygen atoms in total. The van der Waals surface area contributed by atoms with E-state index in [0.29, 0.717) is 6.04 Å². The zero-order valence-corrected chi connectivity index (χ0v) is 12.6. The summed E-state index contributed by atoms with van der Waals surface area (Å²) in [6.45, 7) is 8.71.